The van der Waals surface area contributed by atoms with Crippen LogP contribution in [0.1, 0.15) is 31.2 Å². The van der Waals surface area contributed by atoms with Gasteiger partial charge in [0.1, 0.15) is 17.2 Å². The van der Waals surface area contributed by atoms with Crippen LogP contribution >= 0.6 is 0 Å². The van der Waals surface area contributed by atoms with Gasteiger partial charge in [0.25, 0.3) is 5.69 Å². The van der Waals surface area contributed by atoms with Gasteiger partial charge in [0.15, 0.2) is 5.58 Å². The molecule has 11 heteroatoms. The van der Waals surface area contributed by atoms with Gasteiger partial charge in [-0.1, -0.05) is 12.1 Å². The Labute approximate surface area is 170 Å². The topological polar surface area (TPSA) is 107 Å². The monoisotopic (exact) mass is 437 g/mol. The highest BCUT2D eigenvalue weighted by Gasteiger charge is 2.35. The number of oxazole rings is 1. The van der Waals surface area contributed by atoms with E-state index < -0.39 is 37.1 Å². The fraction of sp³-hybridized carbons (Fsp3) is 0.316. The number of halogens is 2. The molecule has 1 atom stereocenters. The van der Waals surface area contributed by atoms with Crippen LogP contribution in [0, 0.1) is 10.1 Å². The first-order valence-electron chi connectivity index (χ1n) is 9.21. The molecule has 0 N–H and O–H groups in total. The first-order chi connectivity index (χ1) is 14.3. The third-order valence-corrected chi connectivity index (χ3v) is 6.49. The van der Waals surface area contributed by atoms with Gasteiger partial charge in [0.05, 0.1) is 9.82 Å². The molecule has 0 spiro atoms. The summed E-state index contributed by atoms with van der Waals surface area (Å²) in [7, 11) is -4.95. The maximum Gasteiger partial charge on any atom is 0.341 e. The summed E-state index contributed by atoms with van der Waals surface area (Å²) in [6.45, 7) is 0.450. The molecular weight excluding hydrogens is 420 g/mol. The number of para-hydroxylation sites is 2. The van der Waals surface area contributed by atoms with Crippen LogP contribution in [-0.2, 0) is 9.84 Å². The molecule has 3 aromatic rings. The smallest absolute Gasteiger partial charge is 0.341 e. The van der Waals surface area contributed by atoms with E-state index in [-0.39, 0.29) is 5.69 Å². The van der Waals surface area contributed by atoms with E-state index in [4.69, 9.17) is 4.42 Å². The van der Waals surface area contributed by atoms with Gasteiger partial charge in [0, 0.05) is 12.6 Å². The molecule has 1 aromatic heterocycles. The number of anilines is 1. The molecule has 0 saturated carbocycles. The number of benzene rings is 2. The summed E-state index contributed by atoms with van der Waals surface area (Å²) in [5.41, 5.74) is 0.830. The molecule has 1 aliphatic rings. The molecule has 4 rings (SSSR count). The second-order valence-electron chi connectivity index (χ2n) is 6.94. The van der Waals surface area contributed by atoms with Gasteiger partial charge in [-0.15, -0.1) is 0 Å². The maximum absolute atomic E-state index is 12.9. The number of nitro benzene ring substituents is 1. The summed E-state index contributed by atoms with van der Waals surface area (Å²) in [6, 6.07) is 9.66. The number of nitrogens with zero attached hydrogens (tertiary/aromatic N) is 3. The van der Waals surface area contributed by atoms with Crippen molar-refractivity contribution in [1.29, 1.82) is 0 Å². The maximum atomic E-state index is 12.9. The summed E-state index contributed by atoms with van der Waals surface area (Å²) >= 11 is 0. The van der Waals surface area contributed by atoms with Gasteiger partial charge in [0.2, 0.25) is 15.7 Å². The van der Waals surface area contributed by atoms with Crippen molar-refractivity contribution in [1.82, 2.24) is 4.98 Å². The lowest BCUT2D eigenvalue weighted by atomic mass is 10.0. The van der Waals surface area contributed by atoms with Gasteiger partial charge in [-0.2, -0.15) is 8.78 Å². The molecule has 158 valence electrons. The molecule has 30 heavy (non-hydrogen) atoms. The molecule has 1 aliphatic heterocycles. The normalized spacial score (nSPS) is 17.6. The Bertz CT molecular complexity index is 1180. The molecule has 0 amide bonds. The van der Waals surface area contributed by atoms with Crippen LogP contribution in [0.3, 0.4) is 0 Å². The zero-order chi connectivity index (χ0) is 21.5. The number of rotatable bonds is 5. The summed E-state index contributed by atoms with van der Waals surface area (Å²) in [5.74, 6) is -3.26. The zero-order valence-electron chi connectivity index (χ0n) is 15.6. The van der Waals surface area contributed by atoms with Gasteiger partial charge < -0.3 is 9.32 Å². The van der Waals surface area contributed by atoms with E-state index >= 15 is 0 Å². The summed E-state index contributed by atoms with van der Waals surface area (Å²) in [6.07, 6.45) is 2.23. The predicted molar refractivity (Wildman–Crippen MR) is 104 cm³/mol. The van der Waals surface area contributed by atoms with Crippen molar-refractivity contribution in [3.63, 3.8) is 0 Å². The summed E-state index contributed by atoms with van der Waals surface area (Å²) < 4.78 is 55.2. The second-order valence-corrected chi connectivity index (χ2v) is 8.86. The quantitative estimate of drug-likeness (QED) is 0.428. The standard InChI is InChI=1S/C19H17F2N3O5S/c20-19(21)30(27,28)12-8-9-14(16(11-12)24(25)26)23-10-4-3-6-15(23)18-22-13-5-1-2-7-17(13)29-18/h1-2,5,7-9,11,15,19H,3-4,6,10H2/t15-/m1/s1. The Balaban J connectivity index is 1.79. The fourth-order valence-electron chi connectivity index (χ4n) is 3.68. The van der Waals surface area contributed by atoms with Crippen molar-refractivity contribution in [3.05, 3.63) is 58.5 Å². The lowest BCUT2D eigenvalue weighted by molar-refractivity contribution is -0.384. The lowest BCUT2D eigenvalue weighted by Crippen LogP contribution is -2.34. The molecule has 0 radical (unpaired) electrons. The zero-order valence-corrected chi connectivity index (χ0v) is 16.4. The highest BCUT2D eigenvalue weighted by molar-refractivity contribution is 7.91. The number of piperidine rings is 1. The summed E-state index contributed by atoms with van der Waals surface area (Å²) in [4.78, 5) is 16.3. The number of aromatic nitrogens is 1. The van der Waals surface area contributed by atoms with Gasteiger partial charge in [-0.25, -0.2) is 13.4 Å². The molecule has 0 bridgehead atoms. The van der Waals surface area contributed by atoms with Crippen molar-refractivity contribution in [2.45, 2.75) is 36.0 Å². The second kappa shape index (κ2) is 7.63. The minimum absolute atomic E-state index is 0.139. The van der Waals surface area contributed by atoms with Crippen molar-refractivity contribution >= 4 is 32.3 Å². The first-order valence-corrected chi connectivity index (χ1v) is 10.8. The number of nitro groups is 1. The molecule has 1 fully saturated rings. The summed E-state index contributed by atoms with van der Waals surface area (Å²) in [5, 5.41) is 11.7. The Morgan fingerprint density at radius 3 is 2.67 bits per heavy atom. The van der Waals surface area contributed by atoms with E-state index in [0.29, 0.717) is 36.0 Å². The van der Waals surface area contributed by atoms with Crippen LogP contribution in [-0.4, -0.2) is 30.6 Å². The number of alkyl halides is 2. The Morgan fingerprint density at radius 2 is 1.97 bits per heavy atom. The van der Waals surface area contributed by atoms with Crippen LogP contribution in [0.15, 0.2) is 51.8 Å². The molecular formula is C19H17F2N3O5S. The highest BCUT2D eigenvalue weighted by Crippen LogP contribution is 2.41. The third kappa shape index (κ3) is 3.49. The van der Waals surface area contributed by atoms with E-state index in [9.17, 15) is 27.3 Å². The number of sulfone groups is 1. The Hall–Kier alpha value is -3.08. The van der Waals surface area contributed by atoms with Crippen molar-refractivity contribution in [2.24, 2.45) is 0 Å². The molecule has 0 unspecified atom stereocenters. The van der Waals surface area contributed by atoms with Crippen LogP contribution in [0.25, 0.3) is 11.1 Å². The van der Waals surface area contributed by atoms with Crippen molar-refractivity contribution in [2.75, 3.05) is 11.4 Å². The van der Waals surface area contributed by atoms with E-state index in [1.165, 1.54) is 6.07 Å². The number of hydrogen-bond donors (Lipinski definition) is 0. The minimum Gasteiger partial charge on any atom is -0.438 e. The Morgan fingerprint density at radius 1 is 1.20 bits per heavy atom. The van der Waals surface area contributed by atoms with E-state index in [0.717, 1.165) is 18.9 Å². The van der Waals surface area contributed by atoms with Crippen molar-refractivity contribution in [3.8, 4) is 0 Å². The van der Waals surface area contributed by atoms with Gasteiger partial charge >= 0.3 is 5.76 Å². The van der Waals surface area contributed by atoms with E-state index in [1.54, 1.807) is 17.0 Å². The fourth-order valence-corrected chi connectivity index (χ4v) is 4.42. The largest absolute Gasteiger partial charge is 0.438 e. The average Bonchev–Trinajstić information content (AvgIpc) is 3.17. The van der Waals surface area contributed by atoms with Crippen LogP contribution in [0.2, 0.25) is 0 Å². The van der Waals surface area contributed by atoms with Crippen molar-refractivity contribution < 1.29 is 26.5 Å². The first kappa shape index (κ1) is 20.2. The van der Waals surface area contributed by atoms with Crippen LogP contribution in [0.5, 0.6) is 0 Å². The highest BCUT2D eigenvalue weighted by atomic mass is 32.2. The van der Waals surface area contributed by atoms with Gasteiger partial charge in [-0.05, 0) is 43.5 Å². The minimum atomic E-state index is -4.95. The average molecular weight is 437 g/mol. The number of hydrogen-bond acceptors (Lipinski definition) is 7. The molecule has 2 aromatic carbocycles. The van der Waals surface area contributed by atoms with E-state index in [1.807, 2.05) is 12.1 Å². The lowest BCUT2D eigenvalue weighted by Gasteiger charge is -2.35. The van der Waals surface area contributed by atoms with Gasteiger partial charge in [-0.3, -0.25) is 10.1 Å². The SMILES string of the molecule is O=[N+]([O-])c1cc(S(=O)(=O)C(F)F)ccc1N1CCCC[C@@H]1c1nc2ccccc2o1. The molecule has 2 heterocycles. The Kier molecular flexibility index (Phi) is 5.14. The molecule has 8 nitrogen and oxygen atoms in total. The number of fused-ring (bicyclic) bond motifs is 1. The third-order valence-electron chi connectivity index (χ3n) is 5.11. The molecule has 1 saturated heterocycles. The predicted octanol–water partition coefficient (Wildman–Crippen LogP) is 4.46. The van der Waals surface area contributed by atoms with E-state index in [2.05, 4.69) is 4.98 Å². The van der Waals surface area contributed by atoms with Crippen LogP contribution in [0.4, 0.5) is 20.2 Å². The molecule has 0 aliphatic carbocycles. The van der Waals surface area contributed by atoms with Crippen LogP contribution < -0.4 is 4.90 Å².